The number of aromatic nitrogens is 3. The molecule has 2 aliphatic rings. The third kappa shape index (κ3) is 4.53. The van der Waals surface area contributed by atoms with Gasteiger partial charge in [0.15, 0.2) is 17.5 Å². The number of rotatable bonds is 4. The Hall–Kier alpha value is -6.24. The third-order valence-electron chi connectivity index (χ3n) is 10.1. The van der Waals surface area contributed by atoms with Crippen LogP contribution in [0, 0.1) is 0 Å². The summed E-state index contributed by atoms with van der Waals surface area (Å²) in [6.45, 7) is 0. The second-order valence-electron chi connectivity index (χ2n) is 13.1. The molecule has 6 heteroatoms. The summed E-state index contributed by atoms with van der Waals surface area (Å²) in [5.41, 5.74) is 9.56. The largest absolute Gasteiger partial charge is 0.456 e. The first-order chi connectivity index (χ1) is 25.2. The first-order valence-electron chi connectivity index (χ1n) is 17.1. The minimum absolute atomic E-state index is 0.250. The van der Waals surface area contributed by atoms with Crippen LogP contribution in [0.4, 0.5) is 0 Å². The summed E-state index contributed by atoms with van der Waals surface area (Å²) in [5.74, 6) is 2.12. The van der Waals surface area contributed by atoms with Crippen LogP contribution in [-0.4, -0.2) is 20.2 Å². The Balaban J connectivity index is 1.19. The molecule has 0 amide bonds. The van der Waals surface area contributed by atoms with Crippen LogP contribution in [0.5, 0.6) is 0 Å². The molecule has 1 aliphatic carbocycles. The fourth-order valence-corrected chi connectivity index (χ4v) is 9.04. The number of fused-ring (bicyclic) bond motifs is 9. The highest BCUT2D eigenvalue weighted by Gasteiger charge is 2.33. The number of hydrogen-bond donors (Lipinski definition) is 0. The molecule has 5 nitrogen and oxygen atoms in total. The van der Waals surface area contributed by atoms with Crippen molar-refractivity contribution in [3.63, 3.8) is 0 Å². The Morgan fingerprint density at radius 1 is 0.529 bits per heavy atom. The van der Waals surface area contributed by atoms with Gasteiger partial charge in [-0.2, -0.15) is 0 Å². The number of furan rings is 2. The summed E-state index contributed by atoms with van der Waals surface area (Å²) in [6.07, 6.45) is 6.82. The quantitative estimate of drug-likeness (QED) is 0.185. The monoisotopic (exact) mass is 673 g/mol. The lowest BCUT2D eigenvalue weighted by molar-refractivity contribution is 0.668. The second kappa shape index (κ2) is 11.1. The molecule has 3 aromatic heterocycles. The molecule has 2 unspecified atom stereocenters. The van der Waals surface area contributed by atoms with Crippen molar-refractivity contribution in [3.8, 4) is 33.9 Å². The van der Waals surface area contributed by atoms with Gasteiger partial charge in [-0.05, 0) is 59.2 Å². The molecule has 4 heterocycles. The van der Waals surface area contributed by atoms with Crippen molar-refractivity contribution >= 4 is 61.2 Å². The van der Waals surface area contributed by atoms with E-state index in [1.807, 2.05) is 54.2 Å². The molecule has 1 aliphatic heterocycles. The zero-order valence-corrected chi connectivity index (χ0v) is 28.0. The average molecular weight is 674 g/mol. The number of allylic oxidation sites excluding steroid dienone is 3. The van der Waals surface area contributed by atoms with Crippen molar-refractivity contribution in [1.82, 2.24) is 15.0 Å². The highest BCUT2D eigenvalue weighted by atomic mass is 32.2. The van der Waals surface area contributed by atoms with Gasteiger partial charge < -0.3 is 8.83 Å². The Morgan fingerprint density at radius 3 is 2.12 bits per heavy atom. The zero-order chi connectivity index (χ0) is 33.5. The van der Waals surface area contributed by atoms with Gasteiger partial charge in [-0.3, -0.25) is 0 Å². The van der Waals surface area contributed by atoms with E-state index < -0.39 is 0 Å². The lowest BCUT2D eigenvalue weighted by atomic mass is 9.89. The zero-order valence-electron chi connectivity index (χ0n) is 27.2. The molecular weight excluding hydrogens is 647 g/mol. The first-order valence-corrected chi connectivity index (χ1v) is 18.0. The predicted octanol–water partition coefficient (Wildman–Crippen LogP) is 11.9. The van der Waals surface area contributed by atoms with Crippen molar-refractivity contribution in [1.29, 1.82) is 0 Å². The van der Waals surface area contributed by atoms with Gasteiger partial charge in [-0.25, -0.2) is 15.0 Å². The summed E-state index contributed by atoms with van der Waals surface area (Å²) in [4.78, 5) is 17.1. The highest BCUT2D eigenvalue weighted by Crippen LogP contribution is 2.50. The first kappa shape index (κ1) is 28.6. The molecule has 0 saturated carbocycles. The van der Waals surface area contributed by atoms with Crippen LogP contribution < -0.4 is 0 Å². The van der Waals surface area contributed by atoms with E-state index in [4.69, 9.17) is 23.8 Å². The fourth-order valence-electron chi connectivity index (χ4n) is 7.72. The van der Waals surface area contributed by atoms with Crippen LogP contribution in [0.3, 0.4) is 0 Å². The summed E-state index contributed by atoms with van der Waals surface area (Å²) < 4.78 is 12.7. The van der Waals surface area contributed by atoms with Crippen molar-refractivity contribution < 1.29 is 8.83 Å². The van der Waals surface area contributed by atoms with Gasteiger partial charge in [0.05, 0.1) is 0 Å². The van der Waals surface area contributed by atoms with Crippen molar-refractivity contribution in [2.24, 2.45) is 0 Å². The Morgan fingerprint density at radius 2 is 1.22 bits per heavy atom. The maximum Gasteiger partial charge on any atom is 0.165 e. The Kier molecular flexibility index (Phi) is 6.24. The smallest absolute Gasteiger partial charge is 0.165 e. The summed E-state index contributed by atoms with van der Waals surface area (Å²) in [5, 5.41) is 4.50. The van der Waals surface area contributed by atoms with Gasteiger partial charge in [0, 0.05) is 54.3 Å². The average Bonchev–Trinajstić information content (AvgIpc) is 3.88. The van der Waals surface area contributed by atoms with E-state index >= 15 is 0 Å². The standard InChI is InChI=1S/C45H27N3O2S/c1-2-10-26(11-3-1)43-46-44(28-19-23-40-34(25-28)31-13-6-9-17-39(31)51-40)48-45(47-43)42-29(20-22-38-41(42)32-14-5-8-16-36(32)50-38)27-18-21-37-33(24-27)30-12-4-7-15-35(30)49-37/h1-25,34,40H. The van der Waals surface area contributed by atoms with Crippen molar-refractivity contribution in [3.05, 3.63) is 163 Å². The summed E-state index contributed by atoms with van der Waals surface area (Å²) >= 11 is 1.92. The molecule has 0 radical (unpaired) electrons. The molecule has 6 aromatic carbocycles. The van der Waals surface area contributed by atoms with E-state index in [0.717, 1.165) is 71.7 Å². The Labute approximate surface area is 297 Å². The van der Waals surface area contributed by atoms with Crippen LogP contribution >= 0.6 is 11.8 Å². The van der Waals surface area contributed by atoms with Crippen LogP contribution in [0.25, 0.3) is 83.4 Å². The number of para-hydroxylation sites is 2. The highest BCUT2D eigenvalue weighted by molar-refractivity contribution is 8.00. The van der Waals surface area contributed by atoms with Gasteiger partial charge >= 0.3 is 0 Å². The molecule has 0 N–H and O–H groups in total. The normalized spacial score (nSPS) is 16.6. The second-order valence-corrected chi connectivity index (χ2v) is 14.3. The van der Waals surface area contributed by atoms with Gasteiger partial charge in [0.2, 0.25) is 0 Å². The third-order valence-corrected chi connectivity index (χ3v) is 11.4. The van der Waals surface area contributed by atoms with Crippen LogP contribution in [0.1, 0.15) is 17.3 Å². The van der Waals surface area contributed by atoms with Crippen molar-refractivity contribution in [2.45, 2.75) is 16.1 Å². The van der Waals surface area contributed by atoms with E-state index in [-0.39, 0.29) is 5.92 Å². The van der Waals surface area contributed by atoms with Crippen LogP contribution in [0.15, 0.2) is 165 Å². The van der Waals surface area contributed by atoms with E-state index in [9.17, 15) is 0 Å². The number of thioether (sulfide) groups is 1. The number of nitrogens with zero attached hydrogens (tertiary/aromatic N) is 3. The van der Waals surface area contributed by atoms with Gasteiger partial charge in [-0.1, -0.05) is 109 Å². The minimum Gasteiger partial charge on any atom is -0.456 e. The minimum atomic E-state index is 0.250. The maximum absolute atomic E-state index is 6.45. The van der Waals surface area contributed by atoms with Gasteiger partial charge in [-0.15, -0.1) is 11.8 Å². The lowest BCUT2D eigenvalue weighted by Crippen LogP contribution is -2.11. The molecule has 0 saturated heterocycles. The fraction of sp³-hybridized carbons (Fsp3) is 0.0444. The van der Waals surface area contributed by atoms with Gasteiger partial charge in [0.25, 0.3) is 0 Å². The predicted molar refractivity (Wildman–Crippen MR) is 207 cm³/mol. The van der Waals surface area contributed by atoms with Crippen LogP contribution in [0.2, 0.25) is 0 Å². The van der Waals surface area contributed by atoms with E-state index in [1.54, 1.807) is 0 Å². The molecule has 2 atom stereocenters. The SMILES string of the molecule is C1=CC2Sc3ccccc3C2C=C1c1nc(-c2ccccc2)nc(-c2c(-c3ccc4oc5ccccc5c4c3)ccc3oc4ccccc4c23)n1. The molecule has 240 valence electrons. The molecular formula is C45H27N3O2S. The number of hydrogen-bond acceptors (Lipinski definition) is 6. The lowest BCUT2D eigenvalue weighted by Gasteiger charge is -2.19. The maximum atomic E-state index is 6.45. The molecule has 0 spiro atoms. The van der Waals surface area contributed by atoms with E-state index in [2.05, 4.69) is 109 Å². The molecule has 0 fully saturated rings. The van der Waals surface area contributed by atoms with Gasteiger partial charge in [0.1, 0.15) is 22.3 Å². The summed E-state index contributed by atoms with van der Waals surface area (Å²) in [7, 11) is 0. The Bertz CT molecular complexity index is 2920. The number of benzene rings is 6. The van der Waals surface area contributed by atoms with E-state index in [1.165, 1.54) is 10.5 Å². The van der Waals surface area contributed by atoms with Crippen molar-refractivity contribution in [2.75, 3.05) is 0 Å². The van der Waals surface area contributed by atoms with E-state index in [0.29, 0.717) is 22.7 Å². The summed E-state index contributed by atoms with van der Waals surface area (Å²) in [6, 6.07) is 45.9. The topological polar surface area (TPSA) is 65.0 Å². The van der Waals surface area contributed by atoms with Crippen LogP contribution in [-0.2, 0) is 0 Å². The molecule has 11 rings (SSSR count). The molecule has 9 aromatic rings. The molecule has 0 bridgehead atoms. The molecule has 51 heavy (non-hydrogen) atoms.